The second-order valence-corrected chi connectivity index (χ2v) is 4.55. The van der Waals surface area contributed by atoms with Crippen molar-refractivity contribution in [3.63, 3.8) is 0 Å². The number of aryl methyl sites for hydroxylation is 1. The minimum atomic E-state index is -0.170. The Morgan fingerprint density at radius 1 is 1.47 bits per heavy atom. The topological polar surface area (TPSA) is 69.9 Å². The molecule has 0 radical (unpaired) electrons. The molecule has 0 N–H and O–H groups in total. The summed E-state index contributed by atoms with van der Waals surface area (Å²) in [6.45, 7) is 0.569. The fourth-order valence-corrected chi connectivity index (χ4v) is 2.39. The Kier molecular flexibility index (Phi) is 2.98. The van der Waals surface area contributed by atoms with Crippen LogP contribution in [-0.4, -0.2) is 32.8 Å². The summed E-state index contributed by atoms with van der Waals surface area (Å²) in [7, 11) is 1.42. The number of fused-ring (bicyclic) bond motifs is 1. The Hall–Kier alpha value is -2.24. The van der Waals surface area contributed by atoms with E-state index in [1.807, 2.05) is 16.7 Å². The molecule has 0 spiro atoms. The minimum absolute atomic E-state index is 0.121. The van der Waals surface area contributed by atoms with Crippen LogP contribution in [-0.2, 0) is 22.5 Å². The van der Waals surface area contributed by atoms with Gasteiger partial charge in [0.05, 0.1) is 13.0 Å². The van der Waals surface area contributed by atoms with Gasteiger partial charge in [0, 0.05) is 30.9 Å². The molecular formula is C13H14N4O2. The molecule has 3 rings (SSSR count). The van der Waals surface area contributed by atoms with Crippen molar-refractivity contribution < 1.29 is 9.53 Å². The van der Waals surface area contributed by atoms with Crippen LogP contribution in [0.25, 0.3) is 11.4 Å². The smallest absolute Gasteiger partial charge is 0.310 e. The third-order valence-corrected chi connectivity index (χ3v) is 3.40. The number of ether oxygens (including phenoxy) is 1. The molecule has 1 aliphatic rings. The average molecular weight is 258 g/mol. The lowest BCUT2D eigenvalue weighted by molar-refractivity contribution is -0.146. The monoisotopic (exact) mass is 258 g/mol. The highest BCUT2D eigenvalue weighted by Gasteiger charge is 2.28. The third-order valence-electron chi connectivity index (χ3n) is 3.40. The van der Waals surface area contributed by atoms with E-state index < -0.39 is 0 Å². The Balaban J connectivity index is 1.95. The molecular weight excluding hydrogens is 244 g/mol. The maximum absolute atomic E-state index is 11.7. The summed E-state index contributed by atoms with van der Waals surface area (Å²) in [6.07, 6.45) is 4.97. The molecule has 0 saturated carbocycles. The van der Waals surface area contributed by atoms with Crippen molar-refractivity contribution in [2.45, 2.75) is 19.4 Å². The minimum Gasteiger partial charge on any atom is -0.469 e. The summed E-state index contributed by atoms with van der Waals surface area (Å²) in [4.78, 5) is 15.7. The first-order valence-corrected chi connectivity index (χ1v) is 6.20. The number of nitrogens with zero attached hydrogens (tertiary/aromatic N) is 4. The number of pyridine rings is 1. The van der Waals surface area contributed by atoms with Gasteiger partial charge in [0.15, 0.2) is 5.82 Å². The molecule has 2 aromatic rings. The first kappa shape index (κ1) is 11.8. The Morgan fingerprint density at radius 2 is 2.37 bits per heavy atom. The summed E-state index contributed by atoms with van der Waals surface area (Å²) in [5, 5.41) is 8.39. The second kappa shape index (κ2) is 4.79. The van der Waals surface area contributed by atoms with Crippen LogP contribution in [0.5, 0.6) is 0 Å². The van der Waals surface area contributed by atoms with Crippen molar-refractivity contribution in [3.8, 4) is 11.4 Å². The lowest BCUT2D eigenvalue weighted by Gasteiger charge is -2.22. The molecule has 1 atom stereocenters. The zero-order chi connectivity index (χ0) is 13.2. The van der Waals surface area contributed by atoms with Gasteiger partial charge >= 0.3 is 5.97 Å². The Bertz CT molecular complexity index is 594. The molecule has 0 amide bonds. The van der Waals surface area contributed by atoms with Crippen LogP contribution in [0.2, 0.25) is 0 Å². The molecule has 6 heteroatoms. The molecule has 0 bridgehead atoms. The molecule has 98 valence electrons. The van der Waals surface area contributed by atoms with Gasteiger partial charge in [-0.1, -0.05) is 0 Å². The van der Waals surface area contributed by atoms with Crippen molar-refractivity contribution in [2.75, 3.05) is 7.11 Å². The van der Waals surface area contributed by atoms with Gasteiger partial charge in [-0.2, -0.15) is 0 Å². The van der Waals surface area contributed by atoms with E-state index in [2.05, 4.69) is 15.2 Å². The van der Waals surface area contributed by atoms with Crippen LogP contribution >= 0.6 is 0 Å². The van der Waals surface area contributed by atoms with Crippen molar-refractivity contribution >= 4 is 5.97 Å². The van der Waals surface area contributed by atoms with E-state index in [4.69, 9.17) is 4.74 Å². The number of carbonyl (C=O) groups excluding carboxylic acids is 1. The molecule has 1 unspecified atom stereocenters. The normalized spacial score (nSPS) is 17.8. The molecule has 0 fully saturated rings. The highest BCUT2D eigenvalue weighted by Crippen LogP contribution is 2.25. The zero-order valence-electron chi connectivity index (χ0n) is 10.6. The van der Waals surface area contributed by atoms with Gasteiger partial charge in [0.25, 0.3) is 0 Å². The van der Waals surface area contributed by atoms with E-state index in [1.54, 1.807) is 12.4 Å². The summed E-state index contributed by atoms with van der Waals surface area (Å²) in [6, 6.07) is 3.80. The SMILES string of the molecule is COC(=O)C1CCc2nnc(-c3cccnc3)n2C1. The third kappa shape index (κ3) is 2.09. The second-order valence-electron chi connectivity index (χ2n) is 4.55. The van der Waals surface area contributed by atoms with Gasteiger partial charge in [-0.25, -0.2) is 0 Å². The maximum Gasteiger partial charge on any atom is 0.310 e. The molecule has 2 aromatic heterocycles. The van der Waals surface area contributed by atoms with Crippen molar-refractivity contribution in [2.24, 2.45) is 5.92 Å². The van der Waals surface area contributed by atoms with E-state index in [9.17, 15) is 4.79 Å². The van der Waals surface area contributed by atoms with Crippen LogP contribution in [0.15, 0.2) is 24.5 Å². The highest BCUT2D eigenvalue weighted by molar-refractivity contribution is 5.72. The van der Waals surface area contributed by atoms with Gasteiger partial charge < -0.3 is 9.30 Å². The van der Waals surface area contributed by atoms with Gasteiger partial charge in [-0.05, 0) is 18.6 Å². The largest absolute Gasteiger partial charge is 0.469 e. The zero-order valence-corrected chi connectivity index (χ0v) is 10.6. The van der Waals surface area contributed by atoms with Crippen molar-refractivity contribution in [1.82, 2.24) is 19.7 Å². The Labute approximate surface area is 110 Å². The van der Waals surface area contributed by atoms with Gasteiger partial charge in [0.2, 0.25) is 0 Å². The molecule has 3 heterocycles. The number of methoxy groups -OCH3 is 1. The van der Waals surface area contributed by atoms with Crippen LogP contribution in [0.3, 0.4) is 0 Å². The number of aromatic nitrogens is 4. The molecule has 19 heavy (non-hydrogen) atoms. The van der Waals surface area contributed by atoms with Gasteiger partial charge in [0.1, 0.15) is 5.82 Å². The number of rotatable bonds is 2. The molecule has 0 aliphatic carbocycles. The molecule has 1 aliphatic heterocycles. The Morgan fingerprint density at radius 3 is 3.11 bits per heavy atom. The van der Waals surface area contributed by atoms with E-state index in [0.29, 0.717) is 6.54 Å². The quantitative estimate of drug-likeness (QED) is 0.754. The first-order valence-electron chi connectivity index (χ1n) is 6.20. The van der Waals surface area contributed by atoms with E-state index >= 15 is 0 Å². The van der Waals surface area contributed by atoms with E-state index in [-0.39, 0.29) is 11.9 Å². The fraction of sp³-hybridized carbons (Fsp3) is 0.385. The summed E-state index contributed by atoms with van der Waals surface area (Å²) in [5.41, 5.74) is 0.909. The lowest BCUT2D eigenvalue weighted by atomic mass is 9.99. The van der Waals surface area contributed by atoms with Gasteiger partial charge in [-0.3, -0.25) is 9.78 Å². The summed E-state index contributed by atoms with van der Waals surface area (Å²) in [5.74, 6) is 1.39. The van der Waals surface area contributed by atoms with E-state index in [1.165, 1.54) is 7.11 Å². The lowest BCUT2D eigenvalue weighted by Crippen LogP contribution is -2.28. The number of carbonyl (C=O) groups is 1. The van der Waals surface area contributed by atoms with Crippen LogP contribution < -0.4 is 0 Å². The van der Waals surface area contributed by atoms with Crippen molar-refractivity contribution in [1.29, 1.82) is 0 Å². The number of hydrogen-bond donors (Lipinski definition) is 0. The van der Waals surface area contributed by atoms with Crippen LogP contribution in [0.1, 0.15) is 12.2 Å². The molecule has 6 nitrogen and oxygen atoms in total. The summed E-state index contributed by atoms with van der Waals surface area (Å²) >= 11 is 0. The predicted octanol–water partition coefficient (Wildman–Crippen LogP) is 1.08. The van der Waals surface area contributed by atoms with Gasteiger partial charge in [-0.15, -0.1) is 10.2 Å². The maximum atomic E-state index is 11.7. The van der Waals surface area contributed by atoms with Crippen LogP contribution in [0, 0.1) is 5.92 Å². The predicted molar refractivity (Wildman–Crippen MR) is 67.1 cm³/mol. The van der Waals surface area contributed by atoms with Crippen molar-refractivity contribution in [3.05, 3.63) is 30.4 Å². The summed E-state index contributed by atoms with van der Waals surface area (Å²) < 4.78 is 6.81. The number of hydrogen-bond acceptors (Lipinski definition) is 5. The highest BCUT2D eigenvalue weighted by atomic mass is 16.5. The molecule has 0 aromatic carbocycles. The molecule has 0 saturated heterocycles. The standard InChI is InChI=1S/C13H14N4O2/c1-19-13(18)10-4-5-11-15-16-12(17(11)8-10)9-3-2-6-14-7-9/h2-3,6-7,10H,4-5,8H2,1H3. The average Bonchev–Trinajstić information content (AvgIpc) is 2.90. The van der Waals surface area contributed by atoms with Crippen LogP contribution in [0.4, 0.5) is 0 Å². The van der Waals surface area contributed by atoms with E-state index in [0.717, 1.165) is 30.1 Å². The first-order chi connectivity index (χ1) is 9.29. The fourth-order valence-electron chi connectivity index (χ4n) is 2.39. The number of esters is 1.